The topological polar surface area (TPSA) is 42.4 Å². The maximum atomic E-state index is 5.63. The number of benzene rings is 1. The first kappa shape index (κ1) is 12.3. The smallest absolute Gasteiger partial charge is 0.123 e. The molecule has 0 bridgehead atoms. The average Bonchev–Trinajstić information content (AvgIpc) is 2.90. The fourth-order valence-corrected chi connectivity index (χ4v) is 2.79. The van der Waals surface area contributed by atoms with E-state index in [0.29, 0.717) is 12.6 Å². The normalized spacial score (nSPS) is 18.4. The third-order valence-electron chi connectivity index (χ3n) is 3.93. The van der Waals surface area contributed by atoms with Crippen molar-refractivity contribution >= 4 is 5.69 Å². The number of hydrogen-bond donors (Lipinski definition) is 1. The number of anilines is 1. The second-order valence-electron chi connectivity index (χ2n) is 5.27. The molecule has 1 aromatic carbocycles. The van der Waals surface area contributed by atoms with Crippen LogP contribution >= 0.6 is 0 Å². The van der Waals surface area contributed by atoms with Crippen LogP contribution in [0.15, 0.2) is 41.0 Å². The predicted molar refractivity (Wildman–Crippen MR) is 77.0 cm³/mol. The lowest BCUT2D eigenvalue weighted by Gasteiger charge is -2.36. The molecule has 1 aromatic heterocycles. The van der Waals surface area contributed by atoms with Gasteiger partial charge in [-0.15, -0.1) is 0 Å². The molecule has 2 N–H and O–H groups in total. The second kappa shape index (κ2) is 5.10. The van der Waals surface area contributed by atoms with Gasteiger partial charge in [-0.2, -0.15) is 0 Å². The Morgan fingerprint density at radius 1 is 1.37 bits per heavy atom. The molecular weight excluding hydrogens is 236 g/mol. The van der Waals surface area contributed by atoms with Gasteiger partial charge in [0, 0.05) is 23.8 Å². The zero-order valence-electron chi connectivity index (χ0n) is 11.3. The van der Waals surface area contributed by atoms with Crippen LogP contribution in [0.4, 0.5) is 5.69 Å². The third-order valence-corrected chi connectivity index (χ3v) is 3.93. The number of furan rings is 1. The van der Waals surface area contributed by atoms with E-state index in [1.54, 1.807) is 6.26 Å². The molecule has 19 heavy (non-hydrogen) atoms. The molecule has 1 aliphatic rings. The van der Waals surface area contributed by atoms with Crippen molar-refractivity contribution in [3.8, 4) is 0 Å². The van der Waals surface area contributed by atoms with E-state index >= 15 is 0 Å². The van der Waals surface area contributed by atoms with E-state index in [1.165, 1.54) is 24.1 Å². The summed E-state index contributed by atoms with van der Waals surface area (Å²) >= 11 is 0. The van der Waals surface area contributed by atoms with Crippen molar-refractivity contribution in [2.24, 2.45) is 5.73 Å². The molecular formula is C16H20N2O. The molecule has 1 atom stereocenters. The van der Waals surface area contributed by atoms with Crippen molar-refractivity contribution in [1.29, 1.82) is 0 Å². The van der Waals surface area contributed by atoms with Crippen molar-refractivity contribution in [3.63, 3.8) is 0 Å². The van der Waals surface area contributed by atoms with Crippen LogP contribution in [0, 0.1) is 0 Å². The van der Waals surface area contributed by atoms with Gasteiger partial charge in [0.2, 0.25) is 0 Å². The monoisotopic (exact) mass is 256 g/mol. The zero-order chi connectivity index (χ0) is 13.2. The average molecular weight is 256 g/mol. The lowest BCUT2D eigenvalue weighted by Crippen LogP contribution is -2.36. The number of para-hydroxylation sites is 1. The fourth-order valence-electron chi connectivity index (χ4n) is 2.79. The number of nitrogens with two attached hydrogens (primary N) is 1. The van der Waals surface area contributed by atoms with Crippen LogP contribution in [0.2, 0.25) is 0 Å². The summed E-state index contributed by atoms with van der Waals surface area (Å²) in [6.45, 7) is 3.64. The van der Waals surface area contributed by atoms with E-state index < -0.39 is 0 Å². The number of fused-ring (bicyclic) bond motifs is 1. The molecule has 3 rings (SSSR count). The Morgan fingerprint density at radius 3 is 3.00 bits per heavy atom. The summed E-state index contributed by atoms with van der Waals surface area (Å²) in [5.74, 6) is 0.990. The summed E-state index contributed by atoms with van der Waals surface area (Å²) in [6.07, 6.45) is 4.12. The number of hydrogen-bond acceptors (Lipinski definition) is 3. The van der Waals surface area contributed by atoms with E-state index in [-0.39, 0.29) is 0 Å². The summed E-state index contributed by atoms with van der Waals surface area (Å²) in [5, 5.41) is 0. The van der Waals surface area contributed by atoms with Crippen LogP contribution in [-0.4, -0.2) is 6.04 Å². The van der Waals surface area contributed by atoms with Gasteiger partial charge in [-0.3, -0.25) is 0 Å². The van der Waals surface area contributed by atoms with Gasteiger partial charge < -0.3 is 15.1 Å². The first-order valence-corrected chi connectivity index (χ1v) is 6.89. The standard InChI is InChI=1S/C16H20N2O/c1-12-6-7-14-4-2-3-5-16(14)18(12)10-15-8-13(9-17)11-19-15/h2-5,8,11-12H,6-7,9-10,17H2,1H3. The minimum absolute atomic E-state index is 0.537. The van der Waals surface area contributed by atoms with Crippen molar-refractivity contribution < 1.29 is 4.42 Å². The molecule has 0 fully saturated rings. The Labute approximate surface area is 114 Å². The van der Waals surface area contributed by atoms with Crippen molar-refractivity contribution in [2.75, 3.05) is 4.90 Å². The lowest BCUT2D eigenvalue weighted by molar-refractivity contribution is 0.473. The fraction of sp³-hybridized carbons (Fsp3) is 0.375. The molecule has 0 radical (unpaired) electrons. The molecule has 0 saturated carbocycles. The van der Waals surface area contributed by atoms with E-state index in [4.69, 9.17) is 10.2 Å². The molecule has 3 nitrogen and oxygen atoms in total. The molecule has 0 amide bonds. The Bertz CT molecular complexity index is 561. The molecule has 1 unspecified atom stereocenters. The largest absolute Gasteiger partial charge is 0.467 e. The van der Waals surface area contributed by atoms with E-state index in [1.807, 2.05) is 0 Å². The van der Waals surface area contributed by atoms with Crippen molar-refractivity contribution in [1.82, 2.24) is 0 Å². The number of aryl methyl sites for hydroxylation is 1. The highest BCUT2D eigenvalue weighted by Crippen LogP contribution is 2.31. The molecule has 3 heteroatoms. The Morgan fingerprint density at radius 2 is 2.21 bits per heavy atom. The van der Waals surface area contributed by atoms with Gasteiger partial charge in [0.05, 0.1) is 12.8 Å². The molecule has 100 valence electrons. The van der Waals surface area contributed by atoms with E-state index in [0.717, 1.165) is 17.9 Å². The molecule has 1 aliphatic heterocycles. The van der Waals surface area contributed by atoms with Gasteiger partial charge in [-0.05, 0) is 37.5 Å². The van der Waals surface area contributed by atoms with Gasteiger partial charge in [0.15, 0.2) is 0 Å². The summed E-state index contributed by atoms with van der Waals surface area (Å²) in [6, 6.07) is 11.3. The van der Waals surface area contributed by atoms with Gasteiger partial charge in [-0.25, -0.2) is 0 Å². The van der Waals surface area contributed by atoms with Crippen LogP contribution in [0.25, 0.3) is 0 Å². The summed E-state index contributed by atoms with van der Waals surface area (Å²) < 4.78 is 5.60. The van der Waals surface area contributed by atoms with Crippen LogP contribution in [0.5, 0.6) is 0 Å². The second-order valence-corrected chi connectivity index (χ2v) is 5.27. The summed E-state index contributed by atoms with van der Waals surface area (Å²) in [5.41, 5.74) is 9.47. The minimum Gasteiger partial charge on any atom is -0.467 e. The lowest BCUT2D eigenvalue weighted by atomic mass is 9.96. The molecule has 2 heterocycles. The van der Waals surface area contributed by atoms with Crippen LogP contribution in [0.3, 0.4) is 0 Å². The van der Waals surface area contributed by atoms with Gasteiger partial charge in [0.1, 0.15) is 5.76 Å². The number of rotatable bonds is 3. The molecule has 0 saturated heterocycles. The Hall–Kier alpha value is -1.74. The van der Waals surface area contributed by atoms with E-state index in [2.05, 4.69) is 42.2 Å². The first-order valence-electron chi connectivity index (χ1n) is 6.89. The summed E-state index contributed by atoms with van der Waals surface area (Å²) in [4.78, 5) is 2.43. The molecule has 0 aliphatic carbocycles. The maximum Gasteiger partial charge on any atom is 0.123 e. The van der Waals surface area contributed by atoms with Crippen molar-refractivity contribution in [3.05, 3.63) is 53.5 Å². The van der Waals surface area contributed by atoms with Gasteiger partial charge in [0.25, 0.3) is 0 Å². The van der Waals surface area contributed by atoms with Crippen LogP contribution in [-0.2, 0) is 19.5 Å². The highest BCUT2D eigenvalue weighted by molar-refractivity contribution is 5.56. The quantitative estimate of drug-likeness (QED) is 0.917. The minimum atomic E-state index is 0.537. The highest BCUT2D eigenvalue weighted by atomic mass is 16.3. The highest BCUT2D eigenvalue weighted by Gasteiger charge is 2.23. The third kappa shape index (κ3) is 2.38. The maximum absolute atomic E-state index is 5.63. The SMILES string of the molecule is CC1CCc2ccccc2N1Cc1cc(CN)co1. The van der Waals surface area contributed by atoms with Crippen molar-refractivity contribution in [2.45, 2.75) is 38.9 Å². The van der Waals surface area contributed by atoms with Gasteiger partial charge >= 0.3 is 0 Å². The molecule has 0 spiro atoms. The van der Waals surface area contributed by atoms with Crippen LogP contribution in [0.1, 0.15) is 30.2 Å². The van der Waals surface area contributed by atoms with Crippen LogP contribution < -0.4 is 10.6 Å². The Kier molecular flexibility index (Phi) is 3.30. The first-order chi connectivity index (χ1) is 9.28. The Balaban J connectivity index is 1.87. The van der Waals surface area contributed by atoms with Gasteiger partial charge in [-0.1, -0.05) is 18.2 Å². The predicted octanol–water partition coefficient (Wildman–Crippen LogP) is 3.08. The molecule has 2 aromatic rings. The summed E-state index contributed by atoms with van der Waals surface area (Å²) in [7, 11) is 0. The van der Waals surface area contributed by atoms with E-state index in [9.17, 15) is 0 Å². The zero-order valence-corrected chi connectivity index (χ0v) is 11.3. The number of nitrogens with zero attached hydrogens (tertiary/aromatic N) is 1.